The van der Waals surface area contributed by atoms with Crippen molar-refractivity contribution in [2.24, 2.45) is 10.2 Å². The number of carbonyl (C=O) groups is 1. The highest BCUT2D eigenvalue weighted by Crippen LogP contribution is 2.26. The van der Waals surface area contributed by atoms with Crippen LogP contribution < -0.4 is 5.56 Å². The first kappa shape index (κ1) is 14.6. The van der Waals surface area contributed by atoms with E-state index in [9.17, 15) is 9.59 Å². The van der Waals surface area contributed by atoms with Gasteiger partial charge in [0.25, 0.3) is 5.56 Å². The molecule has 6 nitrogen and oxygen atoms in total. The Bertz CT molecular complexity index is 906. The predicted octanol–water partition coefficient (Wildman–Crippen LogP) is 3.99. The fraction of sp³-hybridized carbons (Fsp3) is 0.0588. The van der Waals surface area contributed by atoms with Crippen LogP contribution in [0.1, 0.15) is 17.3 Å². The van der Waals surface area contributed by atoms with Gasteiger partial charge in [0, 0.05) is 11.1 Å². The number of nitrogens with one attached hydrogen (secondary N) is 2. The average molecular weight is 306 g/mol. The molecule has 0 aliphatic rings. The van der Waals surface area contributed by atoms with E-state index in [0.717, 1.165) is 5.56 Å². The standard InChI is InChI=1S/C17H14N4O2/c1-11(22)12-7-9-14(10-8-12)18-20-16-15(19-21-17(16)23)13-5-3-2-4-6-13/h2-10H,1H3,(H2,19,21,23). The number of aromatic nitrogens is 2. The Balaban J connectivity index is 1.93. The topological polar surface area (TPSA) is 90.4 Å². The molecule has 2 N–H and O–H groups in total. The summed E-state index contributed by atoms with van der Waals surface area (Å²) in [5, 5.41) is 13.5. The molecule has 0 spiro atoms. The van der Waals surface area contributed by atoms with Crippen LogP contribution in [-0.2, 0) is 0 Å². The minimum atomic E-state index is -0.340. The van der Waals surface area contributed by atoms with Crippen LogP contribution in [0.5, 0.6) is 0 Å². The molecule has 3 aromatic rings. The number of nitrogens with zero attached hydrogens (tertiary/aromatic N) is 2. The molecule has 0 saturated heterocycles. The Kier molecular flexibility index (Phi) is 3.97. The quantitative estimate of drug-likeness (QED) is 0.563. The number of hydrogen-bond acceptors (Lipinski definition) is 4. The largest absolute Gasteiger partial charge is 0.295 e. The van der Waals surface area contributed by atoms with Gasteiger partial charge in [-0.1, -0.05) is 30.3 Å². The van der Waals surface area contributed by atoms with Crippen molar-refractivity contribution in [1.29, 1.82) is 0 Å². The smallest absolute Gasteiger partial charge is 0.292 e. The molecule has 0 aliphatic carbocycles. The van der Waals surface area contributed by atoms with Crippen molar-refractivity contribution in [3.05, 3.63) is 70.5 Å². The second kappa shape index (κ2) is 6.23. The lowest BCUT2D eigenvalue weighted by Crippen LogP contribution is -1.96. The molecule has 0 fully saturated rings. The van der Waals surface area contributed by atoms with E-state index in [0.29, 0.717) is 16.9 Å². The number of Topliss-reactive ketones (excluding diaryl/α,β-unsaturated/α-hetero) is 1. The molecule has 2 aromatic carbocycles. The molecule has 0 radical (unpaired) electrons. The molecule has 0 saturated carbocycles. The Hall–Kier alpha value is -3.28. The summed E-state index contributed by atoms with van der Waals surface area (Å²) in [6, 6.07) is 16.1. The summed E-state index contributed by atoms with van der Waals surface area (Å²) in [6.45, 7) is 1.50. The van der Waals surface area contributed by atoms with Crippen LogP contribution >= 0.6 is 0 Å². The number of aromatic amines is 2. The predicted molar refractivity (Wildman–Crippen MR) is 87.5 cm³/mol. The summed E-state index contributed by atoms with van der Waals surface area (Å²) < 4.78 is 0. The molecule has 1 aromatic heterocycles. The summed E-state index contributed by atoms with van der Waals surface area (Å²) in [5.74, 6) is -0.0121. The first-order valence-corrected chi connectivity index (χ1v) is 7.04. The summed E-state index contributed by atoms with van der Waals surface area (Å²) >= 11 is 0. The molecule has 23 heavy (non-hydrogen) atoms. The van der Waals surface area contributed by atoms with Crippen LogP contribution in [0.25, 0.3) is 11.3 Å². The highest BCUT2D eigenvalue weighted by atomic mass is 16.1. The van der Waals surface area contributed by atoms with E-state index >= 15 is 0 Å². The number of hydrogen-bond donors (Lipinski definition) is 2. The third kappa shape index (κ3) is 3.16. The van der Waals surface area contributed by atoms with Crippen molar-refractivity contribution in [2.75, 3.05) is 0 Å². The molecule has 3 rings (SSSR count). The molecule has 0 bridgehead atoms. The normalized spacial score (nSPS) is 11.0. The number of H-pyrrole nitrogens is 2. The molecule has 0 unspecified atom stereocenters. The Morgan fingerprint density at radius 2 is 1.61 bits per heavy atom. The van der Waals surface area contributed by atoms with E-state index < -0.39 is 0 Å². The van der Waals surface area contributed by atoms with Gasteiger partial charge in [-0.3, -0.25) is 19.8 Å². The van der Waals surface area contributed by atoms with Crippen LogP contribution in [0.4, 0.5) is 11.4 Å². The zero-order chi connectivity index (χ0) is 16.2. The van der Waals surface area contributed by atoms with Gasteiger partial charge in [0.1, 0.15) is 0 Å². The molecular weight excluding hydrogens is 292 g/mol. The van der Waals surface area contributed by atoms with Gasteiger partial charge in [-0.2, -0.15) is 5.11 Å². The fourth-order valence-corrected chi connectivity index (χ4v) is 2.13. The van der Waals surface area contributed by atoms with Crippen molar-refractivity contribution in [3.63, 3.8) is 0 Å². The van der Waals surface area contributed by atoms with Gasteiger partial charge in [-0.15, -0.1) is 5.11 Å². The lowest BCUT2D eigenvalue weighted by atomic mass is 10.1. The van der Waals surface area contributed by atoms with Crippen molar-refractivity contribution in [1.82, 2.24) is 10.2 Å². The zero-order valence-electron chi connectivity index (χ0n) is 12.4. The summed E-state index contributed by atoms with van der Waals surface area (Å²) in [5.41, 5.74) is 2.47. The molecular formula is C17H14N4O2. The van der Waals surface area contributed by atoms with Gasteiger partial charge >= 0.3 is 0 Å². The Morgan fingerprint density at radius 3 is 2.26 bits per heavy atom. The summed E-state index contributed by atoms with van der Waals surface area (Å²) in [7, 11) is 0. The maximum Gasteiger partial charge on any atom is 0.292 e. The van der Waals surface area contributed by atoms with Gasteiger partial charge < -0.3 is 0 Å². The molecule has 1 heterocycles. The van der Waals surface area contributed by atoms with Gasteiger partial charge in [0.05, 0.1) is 11.4 Å². The maximum absolute atomic E-state index is 11.9. The minimum absolute atomic E-state index is 0.0121. The van der Waals surface area contributed by atoms with E-state index in [1.165, 1.54) is 6.92 Å². The highest BCUT2D eigenvalue weighted by molar-refractivity contribution is 5.94. The van der Waals surface area contributed by atoms with Gasteiger partial charge in [-0.05, 0) is 31.2 Å². The monoisotopic (exact) mass is 306 g/mol. The van der Waals surface area contributed by atoms with E-state index in [2.05, 4.69) is 20.4 Å². The van der Waals surface area contributed by atoms with Crippen LogP contribution in [0.15, 0.2) is 69.6 Å². The fourth-order valence-electron chi connectivity index (χ4n) is 2.13. The van der Waals surface area contributed by atoms with Crippen molar-refractivity contribution < 1.29 is 4.79 Å². The second-order valence-electron chi connectivity index (χ2n) is 4.97. The van der Waals surface area contributed by atoms with E-state index in [1.54, 1.807) is 24.3 Å². The molecule has 6 heteroatoms. The van der Waals surface area contributed by atoms with E-state index in [-0.39, 0.29) is 17.0 Å². The number of benzene rings is 2. The third-order valence-corrected chi connectivity index (χ3v) is 3.35. The minimum Gasteiger partial charge on any atom is -0.295 e. The van der Waals surface area contributed by atoms with Crippen molar-refractivity contribution in [3.8, 4) is 11.3 Å². The maximum atomic E-state index is 11.9. The third-order valence-electron chi connectivity index (χ3n) is 3.35. The first-order valence-electron chi connectivity index (χ1n) is 7.04. The number of rotatable bonds is 4. The Morgan fingerprint density at radius 1 is 0.913 bits per heavy atom. The van der Waals surface area contributed by atoms with Crippen molar-refractivity contribution in [2.45, 2.75) is 6.92 Å². The molecule has 0 amide bonds. The van der Waals surface area contributed by atoms with Crippen LogP contribution in [0.2, 0.25) is 0 Å². The zero-order valence-corrected chi connectivity index (χ0v) is 12.4. The lowest BCUT2D eigenvalue weighted by Gasteiger charge is -1.98. The molecule has 114 valence electrons. The summed E-state index contributed by atoms with van der Waals surface area (Å²) in [6.07, 6.45) is 0. The van der Waals surface area contributed by atoms with Gasteiger partial charge in [0.15, 0.2) is 11.5 Å². The van der Waals surface area contributed by atoms with Crippen LogP contribution in [0, 0.1) is 0 Å². The highest BCUT2D eigenvalue weighted by Gasteiger charge is 2.11. The van der Waals surface area contributed by atoms with Crippen LogP contribution in [-0.4, -0.2) is 16.0 Å². The SMILES string of the molecule is CC(=O)c1ccc(N=Nc2c(-c3ccccc3)[nH][nH]c2=O)cc1. The Labute approximate surface area is 131 Å². The number of ketones is 1. The van der Waals surface area contributed by atoms with Crippen LogP contribution in [0.3, 0.4) is 0 Å². The second-order valence-corrected chi connectivity index (χ2v) is 4.97. The molecule has 0 atom stereocenters. The van der Waals surface area contributed by atoms with E-state index in [4.69, 9.17) is 0 Å². The van der Waals surface area contributed by atoms with Gasteiger partial charge in [0.2, 0.25) is 0 Å². The first-order chi connectivity index (χ1) is 11.1. The summed E-state index contributed by atoms with van der Waals surface area (Å²) in [4.78, 5) is 23.1. The van der Waals surface area contributed by atoms with Crippen molar-refractivity contribution >= 4 is 17.2 Å². The van der Waals surface area contributed by atoms with E-state index in [1.807, 2.05) is 30.3 Å². The lowest BCUT2D eigenvalue weighted by molar-refractivity contribution is 0.101. The number of azo groups is 1. The number of carbonyl (C=O) groups excluding carboxylic acids is 1. The van der Waals surface area contributed by atoms with Gasteiger partial charge in [-0.25, -0.2) is 0 Å². The average Bonchev–Trinajstić information content (AvgIpc) is 2.95. The molecule has 0 aliphatic heterocycles.